The summed E-state index contributed by atoms with van der Waals surface area (Å²) in [7, 11) is 4.95. The number of alkyl halides is 1. The van der Waals surface area contributed by atoms with E-state index in [-0.39, 0.29) is 0 Å². The van der Waals surface area contributed by atoms with Gasteiger partial charge in [0.05, 0.1) is 19.8 Å². The van der Waals surface area contributed by atoms with E-state index in [1.807, 2.05) is 55.5 Å². The molecule has 8 heteroatoms. The zero-order valence-corrected chi connectivity index (χ0v) is 24.3. The Balaban J connectivity index is 0.000000285. The van der Waals surface area contributed by atoms with Crippen LogP contribution in [0.5, 0.6) is 17.2 Å². The average Bonchev–Trinajstić information content (AvgIpc) is 2.94. The summed E-state index contributed by atoms with van der Waals surface area (Å²) in [6.07, 6.45) is 0.795. The van der Waals surface area contributed by atoms with Gasteiger partial charge in [0.2, 0.25) is 0 Å². The topological polar surface area (TPSA) is 72.5 Å². The van der Waals surface area contributed by atoms with E-state index in [0.29, 0.717) is 51.0 Å². The Morgan fingerprint density at radius 3 is 1.58 bits per heavy atom. The van der Waals surface area contributed by atoms with Gasteiger partial charge in [0.1, 0.15) is 43.4 Å². The first-order chi connectivity index (χ1) is 18.6. The van der Waals surface area contributed by atoms with E-state index >= 15 is 0 Å². The van der Waals surface area contributed by atoms with E-state index in [2.05, 4.69) is 22.0 Å². The van der Waals surface area contributed by atoms with E-state index < -0.39 is 0 Å². The summed E-state index contributed by atoms with van der Waals surface area (Å²) >= 11 is 3.39. The molecule has 0 aliphatic heterocycles. The van der Waals surface area contributed by atoms with Crippen molar-refractivity contribution >= 4 is 22.2 Å². The fourth-order valence-electron chi connectivity index (χ4n) is 2.83. The third-order valence-corrected chi connectivity index (χ3v) is 5.35. The molecule has 0 bridgehead atoms. The lowest BCUT2D eigenvalue weighted by molar-refractivity contribution is 0.112. The molecule has 0 unspecified atom stereocenters. The molecule has 208 valence electrons. The summed E-state index contributed by atoms with van der Waals surface area (Å²) in [5, 5.41) is 0.856. The van der Waals surface area contributed by atoms with Crippen LogP contribution in [0.4, 0.5) is 0 Å². The van der Waals surface area contributed by atoms with Crippen molar-refractivity contribution in [2.75, 3.05) is 61.0 Å². The van der Waals surface area contributed by atoms with Crippen LogP contribution in [0.15, 0.2) is 72.8 Å². The third-order valence-electron chi connectivity index (χ3n) is 4.71. The van der Waals surface area contributed by atoms with Crippen LogP contribution in [-0.2, 0) is 19.5 Å². The maximum atomic E-state index is 10.4. The number of rotatable bonds is 14. The van der Waals surface area contributed by atoms with E-state index in [1.165, 1.54) is 11.1 Å². The lowest BCUT2D eigenvalue weighted by Crippen LogP contribution is -2.04. The van der Waals surface area contributed by atoms with Crippen LogP contribution in [-0.4, -0.2) is 67.3 Å². The van der Waals surface area contributed by atoms with Crippen molar-refractivity contribution in [3.05, 3.63) is 89.5 Å². The highest BCUT2D eigenvalue weighted by molar-refractivity contribution is 9.08. The standard InChI is InChI=1S/C10H13BrO2.C10H12O3.C10H14O2/c2*1-12-5-6-13-10-4-2-3-9(7-10)8-11;1-9-4-3-5-10(8-9)12-7-6-11-2/h2-4,7H,5-6,8H2,1H3;2-4,7-8H,5-6H2,1H3;3-5,8H,6-7H2,1-2H3. The molecule has 7 nitrogen and oxygen atoms in total. The molecule has 0 radical (unpaired) electrons. The number of carbonyl (C=O) groups is 1. The SMILES string of the molecule is COCCOc1cccc(C)c1.COCCOc1cccc(C=O)c1.COCCOc1cccc(CBr)c1. The Kier molecular flexibility index (Phi) is 19.3. The number of carbonyl (C=O) groups excluding carboxylic acids is 1. The van der Waals surface area contributed by atoms with E-state index in [4.69, 9.17) is 28.4 Å². The number of benzene rings is 3. The number of hydrogen-bond donors (Lipinski definition) is 0. The first kappa shape index (κ1) is 33.1. The summed E-state index contributed by atoms with van der Waals surface area (Å²) in [6, 6.07) is 23.0. The molecule has 0 aliphatic carbocycles. The van der Waals surface area contributed by atoms with Crippen LogP contribution in [0, 0.1) is 6.92 Å². The molecule has 3 aromatic rings. The second-order valence-corrected chi connectivity index (χ2v) is 8.37. The molecule has 0 heterocycles. The monoisotopic (exact) mass is 590 g/mol. The number of aryl methyl sites for hydroxylation is 1. The van der Waals surface area contributed by atoms with Crippen molar-refractivity contribution in [3.8, 4) is 17.2 Å². The molecule has 3 aromatic carbocycles. The highest BCUT2D eigenvalue weighted by Gasteiger charge is 1.96. The largest absolute Gasteiger partial charge is 0.491 e. The van der Waals surface area contributed by atoms with Crippen molar-refractivity contribution in [2.45, 2.75) is 12.3 Å². The normalized spacial score (nSPS) is 9.82. The summed E-state index contributed by atoms with van der Waals surface area (Å²) in [6.45, 7) is 5.56. The van der Waals surface area contributed by atoms with Crippen molar-refractivity contribution in [1.29, 1.82) is 0 Å². The zero-order chi connectivity index (χ0) is 27.8. The maximum absolute atomic E-state index is 10.4. The molecule has 0 saturated carbocycles. The molecule has 0 amide bonds. The average molecular weight is 592 g/mol. The van der Waals surface area contributed by atoms with Crippen LogP contribution in [0.3, 0.4) is 0 Å². The summed E-state index contributed by atoms with van der Waals surface area (Å²) in [4.78, 5) is 10.4. The minimum Gasteiger partial charge on any atom is -0.491 e. The summed E-state index contributed by atoms with van der Waals surface area (Å²) in [5.41, 5.74) is 3.05. The minimum absolute atomic E-state index is 0.499. The van der Waals surface area contributed by atoms with Gasteiger partial charge in [-0.3, -0.25) is 4.79 Å². The molecule has 3 rings (SSSR count). The summed E-state index contributed by atoms with van der Waals surface area (Å²) in [5.74, 6) is 2.50. The molecule has 0 fully saturated rings. The first-order valence-electron chi connectivity index (χ1n) is 12.2. The Bertz CT molecular complexity index is 1010. The van der Waals surface area contributed by atoms with Gasteiger partial charge in [-0.1, -0.05) is 52.3 Å². The molecule has 38 heavy (non-hydrogen) atoms. The molecule has 0 spiro atoms. The van der Waals surface area contributed by atoms with Crippen LogP contribution in [0.1, 0.15) is 21.5 Å². The number of ether oxygens (including phenoxy) is 6. The quantitative estimate of drug-likeness (QED) is 0.127. The lowest BCUT2D eigenvalue weighted by Gasteiger charge is -2.05. The fraction of sp³-hybridized carbons (Fsp3) is 0.367. The Morgan fingerprint density at radius 1 is 0.632 bits per heavy atom. The van der Waals surface area contributed by atoms with Gasteiger partial charge in [-0.15, -0.1) is 0 Å². The fourth-order valence-corrected chi connectivity index (χ4v) is 3.18. The third kappa shape index (κ3) is 16.0. The van der Waals surface area contributed by atoms with Crippen LogP contribution >= 0.6 is 15.9 Å². The first-order valence-corrected chi connectivity index (χ1v) is 13.3. The number of aldehydes is 1. The lowest BCUT2D eigenvalue weighted by atomic mass is 10.2. The second-order valence-electron chi connectivity index (χ2n) is 7.81. The predicted molar refractivity (Wildman–Crippen MR) is 154 cm³/mol. The van der Waals surface area contributed by atoms with Crippen molar-refractivity contribution < 1.29 is 33.2 Å². The second kappa shape index (κ2) is 22.1. The highest BCUT2D eigenvalue weighted by Crippen LogP contribution is 2.15. The van der Waals surface area contributed by atoms with Gasteiger partial charge in [-0.05, 0) is 54.4 Å². The number of methoxy groups -OCH3 is 3. The maximum Gasteiger partial charge on any atom is 0.150 e. The van der Waals surface area contributed by atoms with Gasteiger partial charge >= 0.3 is 0 Å². The van der Waals surface area contributed by atoms with E-state index in [0.717, 1.165) is 23.1 Å². The molecule has 0 aromatic heterocycles. The van der Waals surface area contributed by atoms with Gasteiger partial charge in [-0.2, -0.15) is 0 Å². The number of halogens is 1. The minimum atomic E-state index is 0.499. The zero-order valence-electron chi connectivity index (χ0n) is 22.7. The molecule has 0 atom stereocenters. The van der Waals surface area contributed by atoms with Crippen LogP contribution < -0.4 is 14.2 Å². The van der Waals surface area contributed by atoms with Crippen molar-refractivity contribution in [1.82, 2.24) is 0 Å². The molecule has 0 N–H and O–H groups in total. The van der Waals surface area contributed by atoms with Gasteiger partial charge in [0.15, 0.2) is 0 Å². The summed E-state index contributed by atoms with van der Waals surface area (Å²) < 4.78 is 30.7. The highest BCUT2D eigenvalue weighted by atomic mass is 79.9. The van der Waals surface area contributed by atoms with Crippen molar-refractivity contribution in [2.24, 2.45) is 0 Å². The van der Waals surface area contributed by atoms with Gasteiger partial charge in [-0.25, -0.2) is 0 Å². The Hall–Kier alpha value is -2.91. The van der Waals surface area contributed by atoms with E-state index in [1.54, 1.807) is 39.5 Å². The molecule has 0 saturated heterocycles. The van der Waals surface area contributed by atoms with Crippen molar-refractivity contribution in [3.63, 3.8) is 0 Å². The van der Waals surface area contributed by atoms with Gasteiger partial charge in [0.25, 0.3) is 0 Å². The molecule has 0 aliphatic rings. The van der Waals surface area contributed by atoms with Crippen LogP contribution in [0.2, 0.25) is 0 Å². The smallest absolute Gasteiger partial charge is 0.150 e. The Labute approximate surface area is 235 Å². The molecular weight excluding hydrogens is 552 g/mol. The molecular formula is C30H39BrO7. The van der Waals surface area contributed by atoms with E-state index in [9.17, 15) is 4.79 Å². The van der Waals surface area contributed by atoms with Gasteiger partial charge < -0.3 is 28.4 Å². The van der Waals surface area contributed by atoms with Gasteiger partial charge in [0, 0.05) is 32.2 Å². The number of hydrogen-bond acceptors (Lipinski definition) is 7. The Morgan fingerprint density at radius 2 is 1.11 bits per heavy atom. The predicted octanol–water partition coefficient (Wildman–Crippen LogP) is 6.15. The van der Waals surface area contributed by atoms with Crippen LogP contribution in [0.25, 0.3) is 0 Å².